The van der Waals surface area contributed by atoms with Crippen molar-refractivity contribution in [3.63, 3.8) is 0 Å². The monoisotopic (exact) mass is 690 g/mol. The maximum Gasteiger partial charge on any atom is 0.319 e. The van der Waals surface area contributed by atoms with E-state index in [1.54, 1.807) is 13.8 Å². The second-order valence-electron chi connectivity index (χ2n) is 13.9. The molecule has 4 rings (SSSR count). The van der Waals surface area contributed by atoms with Crippen molar-refractivity contribution >= 4 is 17.7 Å². The van der Waals surface area contributed by atoms with E-state index in [1.165, 1.54) is 6.33 Å². The third-order valence-electron chi connectivity index (χ3n) is 9.21. The van der Waals surface area contributed by atoms with E-state index in [2.05, 4.69) is 48.8 Å². The number of hydrogen-bond acceptors (Lipinski definition) is 10. The zero-order valence-corrected chi connectivity index (χ0v) is 31.7. The Hall–Kier alpha value is -2.73. The summed E-state index contributed by atoms with van der Waals surface area (Å²) >= 11 is 0. The number of esters is 1. The average molecular weight is 691 g/mol. The zero-order chi connectivity index (χ0) is 37.1. The lowest BCUT2D eigenvalue weighted by atomic mass is 9.85. The van der Waals surface area contributed by atoms with Crippen molar-refractivity contribution in [2.24, 2.45) is 17.3 Å². The van der Waals surface area contributed by atoms with Crippen molar-refractivity contribution < 1.29 is 34.1 Å². The van der Waals surface area contributed by atoms with Gasteiger partial charge < -0.3 is 24.6 Å². The Morgan fingerprint density at radius 3 is 2.39 bits per heavy atom. The predicted molar refractivity (Wildman–Crippen MR) is 192 cm³/mol. The van der Waals surface area contributed by atoms with E-state index < -0.39 is 23.8 Å². The molecule has 3 aliphatic rings. The van der Waals surface area contributed by atoms with Crippen LogP contribution in [-0.2, 0) is 36.8 Å². The standard InChI is InChI=1S/C27H42N4O5.C7H14O2.C2H6.C2H4/c1-5-11-30-15-19(2)13-22(32)7-8-24(33)27(3,4)26(35)36-17-21(30)6-9-25(34)31-12-10-20-14-28-18-29-23(20)16-31;1-5-3-6(2)9-7(8)4-5;2*1-2/h14,18-19,21-22,32H,5-13,15-17H2,1-4H3;5-8H,3-4H2,1-2H3;1-2H3;1-2H2/t19-,21-,22+;5-,6+,7+;;/m10../s1. The van der Waals surface area contributed by atoms with Crippen LogP contribution in [-0.4, -0.2) is 98.4 Å². The Morgan fingerprint density at radius 1 is 1.06 bits per heavy atom. The SMILES string of the molecule is C=C.CC.CCCN1C[C@H](C)C[C@@H](O)CCC(=O)C(C)(C)C(=O)OC[C@H]1CCC(=O)N1CCc2cncnc2C1.C[C@H]1C[C@@H](C)O[C@@H](O)C1. The van der Waals surface area contributed by atoms with Crippen molar-refractivity contribution in [2.45, 2.75) is 144 Å². The van der Waals surface area contributed by atoms with Gasteiger partial charge in [-0.15, -0.1) is 13.2 Å². The molecule has 11 heteroatoms. The number of amides is 1. The smallest absolute Gasteiger partial charge is 0.319 e. The molecule has 2 N–H and O–H groups in total. The van der Waals surface area contributed by atoms with E-state index in [0.717, 1.165) is 50.0 Å². The first-order chi connectivity index (χ1) is 23.3. The number of carbonyl (C=O) groups excluding carboxylic acids is 3. The normalized spacial score (nSPS) is 27.8. The average Bonchev–Trinajstić information content (AvgIpc) is 3.07. The van der Waals surface area contributed by atoms with Gasteiger partial charge in [0.1, 0.15) is 24.1 Å². The number of Topliss-reactive ketones (excluding diaryl/α,β-unsaturated/α-hetero) is 1. The van der Waals surface area contributed by atoms with E-state index in [0.29, 0.717) is 44.7 Å². The zero-order valence-electron chi connectivity index (χ0n) is 31.7. The molecule has 6 atom stereocenters. The number of aliphatic hydroxyl groups is 2. The molecule has 49 heavy (non-hydrogen) atoms. The number of ketones is 1. The highest BCUT2D eigenvalue weighted by Crippen LogP contribution is 2.26. The number of aromatic nitrogens is 2. The molecule has 0 radical (unpaired) electrons. The number of cyclic esters (lactones) is 1. The molecular weight excluding hydrogens is 624 g/mol. The Balaban J connectivity index is 0.000000782. The Labute approximate surface area is 295 Å². The summed E-state index contributed by atoms with van der Waals surface area (Å²) in [4.78, 5) is 51.3. The van der Waals surface area contributed by atoms with Gasteiger partial charge in [-0.3, -0.25) is 19.3 Å². The van der Waals surface area contributed by atoms with Crippen molar-refractivity contribution in [3.05, 3.63) is 36.9 Å². The quantitative estimate of drug-likeness (QED) is 0.231. The fourth-order valence-electron chi connectivity index (χ4n) is 6.51. The fourth-order valence-corrected chi connectivity index (χ4v) is 6.51. The first-order valence-electron chi connectivity index (χ1n) is 18.3. The summed E-state index contributed by atoms with van der Waals surface area (Å²) in [6, 6.07) is -0.150. The predicted octanol–water partition coefficient (Wildman–Crippen LogP) is 5.51. The lowest BCUT2D eigenvalue weighted by Crippen LogP contribution is -2.45. The largest absolute Gasteiger partial charge is 0.463 e. The van der Waals surface area contributed by atoms with Crippen molar-refractivity contribution in [1.29, 1.82) is 0 Å². The van der Waals surface area contributed by atoms with Crippen LogP contribution in [0.25, 0.3) is 0 Å². The first kappa shape index (κ1) is 44.3. The molecule has 280 valence electrons. The van der Waals surface area contributed by atoms with Crippen LogP contribution in [0.1, 0.15) is 118 Å². The summed E-state index contributed by atoms with van der Waals surface area (Å²) in [7, 11) is 0. The van der Waals surface area contributed by atoms with Gasteiger partial charge in [0, 0.05) is 44.6 Å². The number of rotatable bonds is 5. The van der Waals surface area contributed by atoms with Gasteiger partial charge in [-0.05, 0) is 83.2 Å². The topological polar surface area (TPSA) is 142 Å². The van der Waals surface area contributed by atoms with Crippen molar-refractivity contribution in [1.82, 2.24) is 19.8 Å². The molecule has 0 bridgehead atoms. The van der Waals surface area contributed by atoms with Gasteiger partial charge in [0.05, 0.1) is 24.4 Å². The molecule has 1 aromatic rings. The number of fused-ring (bicyclic) bond motifs is 1. The second kappa shape index (κ2) is 22.9. The van der Waals surface area contributed by atoms with Gasteiger partial charge in [-0.2, -0.15) is 0 Å². The molecule has 2 saturated heterocycles. The highest BCUT2D eigenvalue weighted by molar-refractivity contribution is 6.02. The van der Waals surface area contributed by atoms with Gasteiger partial charge in [0.15, 0.2) is 6.29 Å². The number of ether oxygens (including phenoxy) is 2. The highest BCUT2D eigenvalue weighted by atomic mass is 16.6. The van der Waals surface area contributed by atoms with Crippen LogP contribution in [0.15, 0.2) is 25.7 Å². The van der Waals surface area contributed by atoms with Crippen LogP contribution in [0.4, 0.5) is 0 Å². The van der Waals surface area contributed by atoms with E-state index >= 15 is 0 Å². The minimum atomic E-state index is -1.27. The Morgan fingerprint density at radius 2 is 1.76 bits per heavy atom. The Bertz CT molecular complexity index is 1110. The summed E-state index contributed by atoms with van der Waals surface area (Å²) in [5.41, 5.74) is 0.719. The lowest BCUT2D eigenvalue weighted by molar-refractivity contribution is -0.169. The second-order valence-corrected chi connectivity index (χ2v) is 13.9. The van der Waals surface area contributed by atoms with Crippen LogP contribution >= 0.6 is 0 Å². The summed E-state index contributed by atoms with van der Waals surface area (Å²) in [6.45, 7) is 24.3. The van der Waals surface area contributed by atoms with Gasteiger partial charge in [0.25, 0.3) is 0 Å². The maximum atomic E-state index is 13.1. The molecule has 0 unspecified atom stereocenters. The molecular formula is C38H66N4O7. The molecule has 1 aromatic heterocycles. The van der Waals surface area contributed by atoms with E-state index in [9.17, 15) is 19.5 Å². The molecule has 0 spiro atoms. The van der Waals surface area contributed by atoms with Gasteiger partial charge in [-0.25, -0.2) is 9.97 Å². The molecule has 11 nitrogen and oxygen atoms in total. The molecule has 0 saturated carbocycles. The summed E-state index contributed by atoms with van der Waals surface area (Å²) in [5, 5.41) is 19.5. The van der Waals surface area contributed by atoms with Gasteiger partial charge >= 0.3 is 5.97 Å². The van der Waals surface area contributed by atoms with Gasteiger partial charge in [0.2, 0.25) is 5.91 Å². The maximum absolute atomic E-state index is 13.1. The number of aliphatic hydroxyl groups excluding tert-OH is 2. The van der Waals surface area contributed by atoms with E-state index in [1.807, 2.05) is 31.9 Å². The Kier molecular flexibility index (Phi) is 20.7. The molecule has 3 aliphatic heterocycles. The lowest BCUT2D eigenvalue weighted by Gasteiger charge is -2.35. The fraction of sp³-hybridized carbons (Fsp3) is 0.763. The molecule has 2 fully saturated rings. The van der Waals surface area contributed by atoms with Crippen LogP contribution in [0, 0.1) is 17.3 Å². The minimum absolute atomic E-state index is 0.0592. The summed E-state index contributed by atoms with van der Waals surface area (Å²) < 4.78 is 10.8. The molecule has 0 aliphatic carbocycles. The van der Waals surface area contributed by atoms with E-state index in [-0.39, 0.29) is 42.8 Å². The third-order valence-corrected chi connectivity index (χ3v) is 9.21. The van der Waals surface area contributed by atoms with Crippen LogP contribution in [0.5, 0.6) is 0 Å². The first-order valence-corrected chi connectivity index (χ1v) is 18.3. The highest BCUT2D eigenvalue weighted by Gasteiger charge is 2.38. The van der Waals surface area contributed by atoms with Gasteiger partial charge in [-0.1, -0.05) is 34.6 Å². The van der Waals surface area contributed by atoms with E-state index in [4.69, 9.17) is 14.6 Å². The van der Waals surface area contributed by atoms with Crippen LogP contribution < -0.4 is 0 Å². The van der Waals surface area contributed by atoms with Crippen molar-refractivity contribution in [3.8, 4) is 0 Å². The number of nitrogens with zero attached hydrogens (tertiary/aromatic N) is 4. The number of carbonyl (C=O) groups is 3. The third kappa shape index (κ3) is 15.0. The van der Waals surface area contributed by atoms with Crippen LogP contribution in [0.3, 0.4) is 0 Å². The molecule has 0 aromatic carbocycles. The molecule has 4 heterocycles. The van der Waals surface area contributed by atoms with Crippen LogP contribution in [0.2, 0.25) is 0 Å². The van der Waals surface area contributed by atoms with Crippen molar-refractivity contribution in [2.75, 3.05) is 26.2 Å². The molecule has 1 amide bonds. The number of hydrogen-bond donors (Lipinski definition) is 2. The minimum Gasteiger partial charge on any atom is -0.463 e. The summed E-state index contributed by atoms with van der Waals surface area (Å²) in [6.07, 6.45) is 7.97. The summed E-state index contributed by atoms with van der Waals surface area (Å²) in [5.74, 6) is 0.106.